The van der Waals surface area contributed by atoms with Crippen molar-refractivity contribution in [2.24, 2.45) is 4.99 Å². The monoisotopic (exact) mass is 690 g/mol. The molecule has 2 aliphatic rings. The Labute approximate surface area is 330 Å². The Morgan fingerprint density at radius 3 is 2.10 bits per heavy atom. The van der Waals surface area contributed by atoms with E-state index in [1.807, 2.05) is 52.0 Å². The minimum Gasteiger partial charge on any atom is -0.744 e. The third-order valence-corrected chi connectivity index (χ3v) is 9.55. The fourth-order valence-corrected chi connectivity index (χ4v) is 7.49. The molecule has 0 saturated heterocycles. The van der Waals surface area contributed by atoms with Gasteiger partial charge in [0.2, 0.25) is 0 Å². The number of benzene rings is 5. The Bertz CT molecular complexity index is 2400. The number of rotatable bonds is 6. The molecule has 0 unspecified atom stereocenters. The van der Waals surface area contributed by atoms with Gasteiger partial charge in [-0.1, -0.05) is 48.0 Å². The van der Waals surface area contributed by atoms with Gasteiger partial charge in [0.15, 0.2) is 0 Å². The zero-order valence-corrected chi connectivity index (χ0v) is 33.6. The average Bonchev–Trinajstić information content (AvgIpc) is 2.98. The predicted octanol–water partition coefficient (Wildman–Crippen LogP) is 1.31. The molecule has 4 aromatic carbocycles. The van der Waals surface area contributed by atoms with Crippen molar-refractivity contribution < 1.29 is 86.4 Å². The number of hydrogen-bond donors (Lipinski definition) is 1. The van der Waals surface area contributed by atoms with Crippen LogP contribution in [0.5, 0.6) is 0 Å². The topological polar surface area (TPSA) is 135 Å². The van der Waals surface area contributed by atoms with Crippen molar-refractivity contribution in [3.8, 4) is 22.5 Å². The van der Waals surface area contributed by atoms with Gasteiger partial charge in [-0.15, -0.1) is 0 Å². The SMILES string of the molecule is Cc1cc(C)c(N=c2ccc3c(-c4ccccc4C(=O)[O-])c4ccc(Nc5c(C)cc(C)c(S(=O)(=O)[O-])c5C)cc4oc-3c2)c(C)c1.[Na+].[Na+]. The van der Waals surface area contributed by atoms with Crippen molar-refractivity contribution in [3.63, 3.8) is 0 Å². The van der Waals surface area contributed by atoms with E-state index in [1.54, 1.807) is 50.2 Å². The number of aryl methyl sites for hydroxylation is 5. The molecule has 238 valence electrons. The van der Waals surface area contributed by atoms with Crippen LogP contribution in [0.25, 0.3) is 33.4 Å². The number of anilines is 2. The van der Waals surface area contributed by atoms with Crippen LogP contribution in [0, 0.1) is 41.5 Å². The Morgan fingerprint density at radius 1 is 0.776 bits per heavy atom. The second-order valence-corrected chi connectivity index (χ2v) is 13.3. The molecule has 0 amide bonds. The van der Waals surface area contributed by atoms with Crippen molar-refractivity contribution >= 4 is 44.1 Å². The fraction of sp³-hybridized carbons (Fsp3) is 0.158. The van der Waals surface area contributed by atoms with E-state index in [-0.39, 0.29) is 69.6 Å². The molecule has 0 saturated carbocycles. The predicted molar refractivity (Wildman–Crippen MR) is 180 cm³/mol. The summed E-state index contributed by atoms with van der Waals surface area (Å²) in [4.78, 5) is 16.9. The third kappa shape index (κ3) is 7.60. The molecule has 0 radical (unpaired) electrons. The van der Waals surface area contributed by atoms with E-state index < -0.39 is 16.1 Å². The molecule has 1 aliphatic carbocycles. The molecule has 6 rings (SSSR count). The molecule has 1 aliphatic heterocycles. The summed E-state index contributed by atoms with van der Waals surface area (Å²) in [6.45, 7) is 11.1. The van der Waals surface area contributed by atoms with Crippen LogP contribution < -0.4 is 74.9 Å². The Kier molecular flexibility index (Phi) is 11.7. The number of nitrogens with one attached hydrogen (secondary N) is 1. The van der Waals surface area contributed by atoms with E-state index in [9.17, 15) is 22.9 Å². The van der Waals surface area contributed by atoms with Crippen LogP contribution in [-0.2, 0) is 10.1 Å². The average molecular weight is 691 g/mol. The van der Waals surface area contributed by atoms with Crippen LogP contribution in [0.1, 0.15) is 43.7 Å². The number of carboxylic acid groups (broad SMARTS) is 1. The van der Waals surface area contributed by atoms with Gasteiger partial charge in [0.05, 0.1) is 21.9 Å². The van der Waals surface area contributed by atoms with Gasteiger partial charge in [-0.2, -0.15) is 0 Å². The van der Waals surface area contributed by atoms with Crippen molar-refractivity contribution in [2.75, 3.05) is 5.32 Å². The Hall–Kier alpha value is -3.25. The number of carbonyl (C=O) groups is 1. The zero-order chi connectivity index (χ0) is 33.8. The molecule has 1 heterocycles. The molecule has 0 fully saturated rings. The van der Waals surface area contributed by atoms with Crippen molar-refractivity contribution in [1.82, 2.24) is 0 Å². The largest absolute Gasteiger partial charge is 1.00 e. The van der Waals surface area contributed by atoms with Crippen molar-refractivity contribution in [1.29, 1.82) is 0 Å². The van der Waals surface area contributed by atoms with Gasteiger partial charge in [-0.05, 0) is 99.2 Å². The second kappa shape index (κ2) is 14.9. The zero-order valence-electron chi connectivity index (χ0n) is 28.8. The summed E-state index contributed by atoms with van der Waals surface area (Å²) in [5.41, 5.74) is 8.98. The number of fused-ring (bicyclic) bond motifs is 2. The first-order valence-corrected chi connectivity index (χ1v) is 16.4. The standard InChI is InChI=1S/C38H34N2O6S.2Na/c1-20-15-21(2)35(22(3)16-20)39-26-11-13-30-32(18-26)46-33-19-27(40-36-23(4)17-24(5)37(25(36)6)47(43,44)45)12-14-31(33)34(30)28-9-7-8-10-29(28)38(41)42;;/h7-19,40H,1-6H3,(H,41,42)(H,43,44,45);;/q;2*+1/p-2. The van der Waals surface area contributed by atoms with E-state index >= 15 is 0 Å². The number of carboxylic acids is 1. The number of nitrogens with zero attached hydrogens (tertiary/aromatic N) is 1. The molecule has 0 atom stereocenters. The third-order valence-electron chi connectivity index (χ3n) is 8.42. The molecular formula is C38H32N2Na2O6S. The quantitative estimate of drug-likeness (QED) is 0.158. The van der Waals surface area contributed by atoms with Gasteiger partial charge in [0.25, 0.3) is 0 Å². The normalized spacial score (nSPS) is 11.7. The van der Waals surface area contributed by atoms with Gasteiger partial charge in [0.1, 0.15) is 21.5 Å². The maximum Gasteiger partial charge on any atom is 1.00 e. The van der Waals surface area contributed by atoms with E-state index in [1.165, 1.54) is 6.07 Å². The molecule has 0 aromatic heterocycles. The van der Waals surface area contributed by atoms with Crippen LogP contribution in [0.3, 0.4) is 0 Å². The number of hydrogen-bond acceptors (Lipinski definition) is 8. The molecule has 49 heavy (non-hydrogen) atoms. The molecule has 0 bridgehead atoms. The number of carbonyl (C=O) groups excluding carboxylic acids is 1. The molecule has 4 aromatic rings. The summed E-state index contributed by atoms with van der Waals surface area (Å²) in [6, 6.07) is 23.5. The van der Waals surface area contributed by atoms with E-state index in [0.29, 0.717) is 61.3 Å². The summed E-state index contributed by atoms with van der Waals surface area (Å²) < 4.78 is 42.7. The molecule has 0 spiro atoms. The minimum atomic E-state index is -4.71. The molecule has 1 N–H and O–H groups in total. The van der Waals surface area contributed by atoms with Crippen molar-refractivity contribution in [2.45, 2.75) is 46.4 Å². The van der Waals surface area contributed by atoms with Gasteiger partial charge < -0.3 is 24.2 Å². The molecular weight excluding hydrogens is 658 g/mol. The summed E-state index contributed by atoms with van der Waals surface area (Å²) >= 11 is 0. The summed E-state index contributed by atoms with van der Waals surface area (Å²) in [5.74, 6) is -0.809. The van der Waals surface area contributed by atoms with E-state index in [0.717, 1.165) is 27.9 Å². The van der Waals surface area contributed by atoms with Gasteiger partial charge >= 0.3 is 59.1 Å². The summed E-state index contributed by atoms with van der Waals surface area (Å²) in [6.07, 6.45) is 0. The maximum atomic E-state index is 12.2. The van der Waals surface area contributed by atoms with Crippen LogP contribution in [0.4, 0.5) is 17.1 Å². The van der Waals surface area contributed by atoms with E-state index in [2.05, 4.69) is 17.4 Å². The first-order valence-electron chi connectivity index (χ1n) is 15.0. The van der Waals surface area contributed by atoms with Crippen LogP contribution >= 0.6 is 0 Å². The molecule has 11 heteroatoms. The van der Waals surface area contributed by atoms with E-state index in [4.69, 9.17) is 9.41 Å². The Balaban J connectivity index is 0.00000270. The smallest absolute Gasteiger partial charge is 0.744 e. The number of aromatic carboxylic acids is 1. The first kappa shape index (κ1) is 38.6. The summed E-state index contributed by atoms with van der Waals surface area (Å²) in [7, 11) is -4.71. The maximum absolute atomic E-state index is 12.2. The van der Waals surface area contributed by atoms with Crippen LogP contribution in [-0.4, -0.2) is 18.9 Å². The van der Waals surface area contributed by atoms with Crippen molar-refractivity contribution in [3.05, 3.63) is 123 Å². The van der Waals surface area contributed by atoms with Gasteiger partial charge in [-0.3, -0.25) is 0 Å². The van der Waals surface area contributed by atoms with Crippen LogP contribution in [0.15, 0.2) is 93.2 Å². The molecule has 8 nitrogen and oxygen atoms in total. The fourth-order valence-electron chi connectivity index (χ4n) is 6.56. The summed E-state index contributed by atoms with van der Waals surface area (Å²) in [5, 5.41) is 16.8. The Morgan fingerprint density at radius 2 is 1.45 bits per heavy atom. The minimum absolute atomic E-state index is 0. The first-order chi connectivity index (χ1) is 22.2. The second-order valence-electron chi connectivity index (χ2n) is 12.0. The van der Waals surface area contributed by atoms with Crippen LogP contribution in [0.2, 0.25) is 0 Å². The van der Waals surface area contributed by atoms with Gasteiger partial charge in [-0.25, -0.2) is 13.4 Å². The van der Waals surface area contributed by atoms with Gasteiger partial charge in [0, 0.05) is 45.6 Å².